The van der Waals surface area contributed by atoms with Crippen LogP contribution < -0.4 is 5.32 Å². The van der Waals surface area contributed by atoms with Gasteiger partial charge < -0.3 is 5.32 Å². The number of amides is 1. The van der Waals surface area contributed by atoms with Crippen molar-refractivity contribution in [3.05, 3.63) is 89.5 Å². The SMILES string of the molecule is O=C(Nc1c(C2CCCCC2)cc(-c2ccccc2)cc1C1CCCCC1)c1ccccc1. The van der Waals surface area contributed by atoms with Crippen molar-refractivity contribution >= 4 is 11.6 Å². The zero-order valence-electron chi connectivity index (χ0n) is 19.6. The van der Waals surface area contributed by atoms with Crippen molar-refractivity contribution in [3.63, 3.8) is 0 Å². The first-order chi connectivity index (χ1) is 16.3. The molecule has 2 nitrogen and oxygen atoms in total. The van der Waals surface area contributed by atoms with Crippen LogP contribution in [-0.2, 0) is 0 Å². The first-order valence-corrected chi connectivity index (χ1v) is 12.9. The van der Waals surface area contributed by atoms with Gasteiger partial charge in [0.25, 0.3) is 5.91 Å². The quantitative estimate of drug-likeness (QED) is 0.425. The Morgan fingerprint density at radius 3 is 1.61 bits per heavy atom. The summed E-state index contributed by atoms with van der Waals surface area (Å²) in [5.74, 6) is 1.06. The van der Waals surface area contributed by atoms with Crippen LogP contribution in [0.15, 0.2) is 72.8 Å². The lowest BCUT2D eigenvalue weighted by Crippen LogP contribution is -2.19. The van der Waals surface area contributed by atoms with Crippen LogP contribution in [0.5, 0.6) is 0 Å². The molecule has 0 unspecified atom stereocenters. The minimum Gasteiger partial charge on any atom is -0.321 e. The van der Waals surface area contributed by atoms with E-state index in [-0.39, 0.29) is 5.91 Å². The summed E-state index contributed by atoms with van der Waals surface area (Å²) in [7, 11) is 0. The molecule has 0 atom stereocenters. The Morgan fingerprint density at radius 1 is 0.606 bits per heavy atom. The Morgan fingerprint density at radius 2 is 1.09 bits per heavy atom. The van der Waals surface area contributed by atoms with Gasteiger partial charge in [-0.15, -0.1) is 0 Å². The summed E-state index contributed by atoms with van der Waals surface area (Å²) >= 11 is 0. The second-order valence-corrected chi connectivity index (χ2v) is 9.89. The Balaban J connectivity index is 1.63. The summed E-state index contributed by atoms with van der Waals surface area (Å²) in [5, 5.41) is 3.43. The number of nitrogens with one attached hydrogen (secondary N) is 1. The van der Waals surface area contributed by atoms with E-state index in [0.717, 1.165) is 11.3 Å². The summed E-state index contributed by atoms with van der Waals surface area (Å²) in [6, 6.07) is 25.2. The van der Waals surface area contributed by atoms with Crippen molar-refractivity contribution in [3.8, 4) is 11.1 Å². The molecule has 0 bridgehead atoms. The molecule has 2 fully saturated rings. The molecule has 0 spiro atoms. The Hall–Kier alpha value is -2.87. The molecule has 3 aromatic rings. The van der Waals surface area contributed by atoms with Crippen LogP contribution in [0.25, 0.3) is 11.1 Å². The van der Waals surface area contributed by atoms with Crippen LogP contribution in [0.4, 0.5) is 5.69 Å². The predicted molar refractivity (Wildman–Crippen MR) is 138 cm³/mol. The largest absolute Gasteiger partial charge is 0.321 e. The zero-order chi connectivity index (χ0) is 22.5. The number of hydrogen-bond donors (Lipinski definition) is 1. The number of rotatable bonds is 5. The number of hydrogen-bond acceptors (Lipinski definition) is 1. The molecular formula is C31H35NO. The second-order valence-electron chi connectivity index (χ2n) is 9.89. The van der Waals surface area contributed by atoms with Crippen molar-refractivity contribution in [1.29, 1.82) is 0 Å². The van der Waals surface area contributed by atoms with Crippen molar-refractivity contribution < 1.29 is 4.79 Å². The van der Waals surface area contributed by atoms with Gasteiger partial charge in [-0.1, -0.05) is 87.1 Å². The van der Waals surface area contributed by atoms with Crippen molar-refractivity contribution in [1.82, 2.24) is 0 Å². The summed E-state index contributed by atoms with van der Waals surface area (Å²) in [6.45, 7) is 0. The van der Waals surface area contributed by atoms with E-state index in [1.54, 1.807) is 0 Å². The molecule has 1 N–H and O–H groups in total. The van der Waals surface area contributed by atoms with Crippen molar-refractivity contribution in [2.75, 3.05) is 5.32 Å². The minimum atomic E-state index is 0.0113. The molecule has 0 heterocycles. The number of carbonyl (C=O) groups is 1. The molecule has 170 valence electrons. The Kier molecular flexibility index (Phi) is 6.90. The summed E-state index contributed by atoms with van der Waals surface area (Å²) in [6.07, 6.45) is 12.7. The van der Waals surface area contributed by atoms with Gasteiger partial charge in [-0.25, -0.2) is 0 Å². The van der Waals surface area contributed by atoms with Gasteiger partial charge in [0, 0.05) is 11.3 Å². The van der Waals surface area contributed by atoms with Crippen LogP contribution >= 0.6 is 0 Å². The van der Waals surface area contributed by atoms with Gasteiger partial charge in [0.05, 0.1) is 0 Å². The molecule has 0 aromatic heterocycles. The third-order valence-corrected chi connectivity index (χ3v) is 7.67. The van der Waals surface area contributed by atoms with Crippen LogP contribution in [0.1, 0.15) is 97.5 Å². The minimum absolute atomic E-state index is 0.0113. The number of benzene rings is 3. The fourth-order valence-corrected chi connectivity index (χ4v) is 5.88. The van der Waals surface area contributed by atoms with E-state index in [0.29, 0.717) is 11.8 Å². The standard InChI is InChI=1S/C31H35NO/c33-31(26-19-11-4-12-20-26)32-30-28(24-15-7-2-8-16-24)21-27(23-13-5-1-6-14-23)22-29(30)25-17-9-3-10-18-25/h1,4-6,11-14,19-22,24-25H,2-3,7-10,15-18H2,(H,32,33). The van der Waals surface area contributed by atoms with E-state index in [4.69, 9.17) is 0 Å². The normalized spacial score (nSPS) is 17.6. The van der Waals surface area contributed by atoms with Gasteiger partial charge in [0.1, 0.15) is 0 Å². The van der Waals surface area contributed by atoms with Gasteiger partial charge >= 0.3 is 0 Å². The van der Waals surface area contributed by atoms with Crippen LogP contribution in [0, 0.1) is 0 Å². The Bertz CT molecular complexity index is 1020. The summed E-state index contributed by atoms with van der Waals surface area (Å²) in [4.78, 5) is 13.3. The van der Waals surface area contributed by atoms with E-state index in [1.165, 1.54) is 86.5 Å². The Labute approximate surface area is 198 Å². The molecule has 2 saturated carbocycles. The fraction of sp³-hybridized carbons (Fsp3) is 0.387. The first kappa shape index (κ1) is 21.9. The summed E-state index contributed by atoms with van der Waals surface area (Å²) in [5.41, 5.74) is 7.14. The summed E-state index contributed by atoms with van der Waals surface area (Å²) < 4.78 is 0. The highest BCUT2D eigenvalue weighted by Gasteiger charge is 2.27. The van der Waals surface area contributed by atoms with E-state index >= 15 is 0 Å². The maximum absolute atomic E-state index is 13.3. The molecule has 3 aromatic carbocycles. The van der Waals surface area contributed by atoms with Crippen molar-refractivity contribution in [2.24, 2.45) is 0 Å². The van der Waals surface area contributed by atoms with Crippen LogP contribution in [-0.4, -0.2) is 5.91 Å². The average molecular weight is 438 g/mol. The number of carbonyl (C=O) groups excluding carboxylic acids is 1. The van der Waals surface area contributed by atoms with Crippen LogP contribution in [0.3, 0.4) is 0 Å². The lowest BCUT2D eigenvalue weighted by Gasteiger charge is -2.31. The maximum Gasteiger partial charge on any atom is 0.255 e. The maximum atomic E-state index is 13.3. The molecule has 2 aliphatic rings. The third kappa shape index (κ3) is 5.05. The monoisotopic (exact) mass is 437 g/mol. The van der Waals surface area contributed by atoms with Gasteiger partial charge in [-0.05, 0) is 84.0 Å². The third-order valence-electron chi connectivity index (χ3n) is 7.67. The molecule has 2 aliphatic carbocycles. The van der Waals surface area contributed by atoms with E-state index < -0.39 is 0 Å². The van der Waals surface area contributed by atoms with E-state index in [2.05, 4.69) is 47.8 Å². The molecule has 1 amide bonds. The molecule has 0 saturated heterocycles. The first-order valence-electron chi connectivity index (χ1n) is 12.9. The topological polar surface area (TPSA) is 29.1 Å². The van der Waals surface area contributed by atoms with E-state index in [1.807, 2.05) is 30.3 Å². The highest BCUT2D eigenvalue weighted by molar-refractivity contribution is 6.05. The highest BCUT2D eigenvalue weighted by Crippen LogP contribution is 2.45. The molecule has 5 rings (SSSR count). The average Bonchev–Trinajstić information content (AvgIpc) is 2.90. The highest BCUT2D eigenvalue weighted by atomic mass is 16.1. The van der Waals surface area contributed by atoms with Gasteiger partial charge in [-0.3, -0.25) is 4.79 Å². The van der Waals surface area contributed by atoms with E-state index in [9.17, 15) is 4.79 Å². The van der Waals surface area contributed by atoms with Gasteiger partial charge in [0.2, 0.25) is 0 Å². The number of anilines is 1. The fourth-order valence-electron chi connectivity index (χ4n) is 5.88. The van der Waals surface area contributed by atoms with Gasteiger partial charge in [-0.2, -0.15) is 0 Å². The second kappa shape index (κ2) is 10.4. The zero-order valence-corrected chi connectivity index (χ0v) is 19.6. The predicted octanol–water partition coefficient (Wildman–Crippen LogP) is 8.70. The van der Waals surface area contributed by atoms with Gasteiger partial charge in [0.15, 0.2) is 0 Å². The smallest absolute Gasteiger partial charge is 0.255 e. The molecule has 2 heteroatoms. The van der Waals surface area contributed by atoms with Crippen molar-refractivity contribution in [2.45, 2.75) is 76.0 Å². The lowest BCUT2D eigenvalue weighted by atomic mass is 9.77. The lowest BCUT2D eigenvalue weighted by molar-refractivity contribution is 0.102. The molecule has 0 aliphatic heterocycles. The molecule has 0 radical (unpaired) electrons. The molecule has 33 heavy (non-hydrogen) atoms. The molecular weight excluding hydrogens is 402 g/mol. The van der Waals surface area contributed by atoms with Crippen LogP contribution in [0.2, 0.25) is 0 Å².